The molecule has 2 unspecified atom stereocenters. The molecule has 6 nitrogen and oxygen atoms in total. The fourth-order valence-electron chi connectivity index (χ4n) is 3.54. The number of carbonyl (C=O) groups excluding carboxylic acids is 1. The first-order chi connectivity index (χ1) is 11.0. The summed E-state index contributed by atoms with van der Waals surface area (Å²) in [4.78, 5) is 20.3. The van der Waals surface area contributed by atoms with Crippen molar-refractivity contribution in [1.82, 2.24) is 19.7 Å². The molecule has 3 aliphatic rings. The van der Waals surface area contributed by atoms with Crippen molar-refractivity contribution in [3.05, 3.63) is 41.7 Å². The van der Waals surface area contributed by atoms with Crippen molar-refractivity contribution >= 4 is 11.6 Å². The van der Waals surface area contributed by atoms with Gasteiger partial charge < -0.3 is 9.80 Å². The second kappa shape index (κ2) is 5.04. The van der Waals surface area contributed by atoms with Crippen molar-refractivity contribution in [2.24, 2.45) is 7.05 Å². The Morgan fingerprint density at radius 3 is 2.65 bits per heavy atom. The van der Waals surface area contributed by atoms with Gasteiger partial charge in [0.05, 0.1) is 12.1 Å². The van der Waals surface area contributed by atoms with E-state index in [2.05, 4.69) is 15.0 Å². The van der Waals surface area contributed by atoms with E-state index >= 15 is 0 Å². The first-order valence-corrected chi connectivity index (χ1v) is 7.73. The van der Waals surface area contributed by atoms with Gasteiger partial charge in [0.1, 0.15) is 0 Å². The minimum atomic E-state index is -0.473. The number of piperidine rings is 1. The number of pyridine rings is 1. The fraction of sp³-hybridized carbons (Fsp3) is 0.438. The first-order valence-electron chi connectivity index (χ1n) is 7.73. The van der Waals surface area contributed by atoms with Crippen molar-refractivity contribution < 1.29 is 9.18 Å². The third kappa shape index (κ3) is 2.27. The molecule has 5 heterocycles. The van der Waals surface area contributed by atoms with Gasteiger partial charge in [0, 0.05) is 43.8 Å². The predicted octanol–water partition coefficient (Wildman–Crippen LogP) is 1.37. The molecule has 120 valence electrons. The van der Waals surface area contributed by atoms with E-state index in [0.29, 0.717) is 5.69 Å². The van der Waals surface area contributed by atoms with Gasteiger partial charge in [0.15, 0.2) is 5.69 Å². The average molecular weight is 315 g/mol. The lowest BCUT2D eigenvalue weighted by molar-refractivity contribution is 0.00533. The van der Waals surface area contributed by atoms with E-state index in [9.17, 15) is 9.18 Å². The number of piperazine rings is 1. The number of nitrogens with zero attached hydrogens (tertiary/aromatic N) is 5. The molecule has 0 N–H and O–H groups in total. The smallest absolute Gasteiger partial charge is 0.274 e. The number of carbonyl (C=O) groups is 1. The van der Waals surface area contributed by atoms with E-state index in [4.69, 9.17) is 0 Å². The van der Waals surface area contributed by atoms with Gasteiger partial charge in [0.25, 0.3) is 5.91 Å². The summed E-state index contributed by atoms with van der Waals surface area (Å²) in [7, 11) is 1.84. The summed E-state index contributed by atoms with van der Waals surface area (Å²) in [5.41, 5.74) is 2.30. The Kier molecular flexibility index (Phi) is 3.11. The molecular formula is C16H18FN5O. The summed E-state index contributed by atoms with van der Waals surface area (Å²) in [6, 6.07) is 5.41. The summed E-state index contributed by atoms with van der Waals surface area (Å²) >= 11 is 0. The molecule has 0 radical (unpaired) electrons. The van der Waals surface area contributed by atoms with Crippen molar-refractivity contribution in [2.45, 2.75) is 25.4 Å². The van der Waals surface area contributed by atoms with Crippen LogP contribution in [0.25, 0.3) is 0 Å². The lowest BCUT2D eigenvalue weighted by atomic mass is 9.86. The van der Waals surface area contributed by atoms with Gasteiger partial charge in [-0.2, -0.15) is 9.49 Å². The van der Waals surface area contributed by atoms with Crippen LogP contribution in [0.1, 0.15) is 22.6 Å². The maximum atomic E-state index is 13.3. The minimum absolute atomic E-state index is 0.00416. The topological polar surface area (TPSA) is 54.3 Å². The molecule has 3 fully saturated rings. The molecule has 0 aliphatic carbocycles. The van der Waals surface area contributed by atoms with Crippen LogP contribution in [0, 0.1) is 12.9 Å². The van der Waals surface area contributed by atoms with Crippen LogP contribution in [-0.2, 0) is 7.05 Å². The van der Waals surface area contributed by atoms with Crippen LogP contribution in [0.2, 0.25) is 0 Å². The van der Waals surface area contributed by atoms with Crippen LogP contribution in [-0.4, -0.2) is 50.7 Å². The van der Waals surface area contributed by atoms with Crippen LogP contribution in [0.4, 0.5) is 10.1 Å². The number of aryl methyl sites for hydroxylation is 2. The molecule has 3 aliphatic heterocycles. The maximum Gasteiger partial charge on any atom is 0.274 e. The predicted molar refractivity (Wildman–Crippen MR) is 82.7 cm³/mol. The van der Waals surface area contributed by atoms with E-state index in [1.54, 1.807) is 4.68 Å². The van der Waals surface area contributed by atoms with Gasteiger partial charge in [-0.1, -0.05) is 0 Å². The Morgan fingerprint density at radius 2 is 2.04 bits per heavy atom. The molecule has 2 bridgehead atoms. The zero-order chi connectivity index (χ0) is 16.1. The Hall–Kier alpha value is -2.44. The highest BCUT2D eigenvalue weighted by atomic mass is 19.1. The van der Waals surface area contributed by atoms with E-state index in [0.717, 1.165) is 30.9 Å². The number of aromatic nitrogens is 3. The first kappa shape index (κ1) is 14.2. The zero-order valence-electron chi connectivity index (χ0n) is 13.1. The maximum absolute atomic E-state index is 13.3. The number of halogens is 1. The van der Waals surface area contributed by atoms with Crippen molar-refractivity contribution in [3.8, 4) is 0 Å². The molecule has 7 heteroatoms. The molecule has 0 spiro atoms. The van der Waals surface area contributed by atoms with E-state index < -0.39 is 5.95 Å². The number of amides is 1. The third-order valence-corrected chi connectivity index (χ3v) is 4.84. The molecule has 3 saturated heterocycles. The second-order valence-electron chi connectivity index (χ2n) is 6.29. The molecule has 0 saturated carbocycles. The van der Waals surface area contributed by atoms with Crippen molar-refractivity contribution in [1.29, 1.82) is 0 Å². The monoisotopic (exact) mass is 315 g/mol. The van der Waals surface area contributed by atoms with E-state index in [-0.39, 0.29) is 18.0 Å². The molecule has 23 heavy (non-hydrogen) atoms. The van der Waals surface area contributed by atoms with Gasteiger partial charge in [0.2, 0.25) is 5.95 Å². The lowest BCUT2D eigenvalue weighted by Crippen LogP contribution is -2.70. The third-order valence-electron chi connectivity index (χ3n) is 4.84. The van der Waals surface area contributed by atoms with Gasteiger partial charge in [-0.05, 0) is 25.5 Å². The number of rotatable bonds is 2. The molecule has 0 aromatic carbocycles. The quantitative estimate of drug-likeness (QED) is 0.786. The summed E-state index contributed by atoms with van der Waals surface area (Å²) < 4.78 is 15.0. The summed E-state index contributed by atoms with van der Waals surface area (Å²) in [6.07, 6.45) is 2.48. The van der Waals surface area contributed by atoms with Crippen LogP contribution >= 0.6 is 0 Å². The Labute approximate surface area is 133 Å². The summed E-state index contributed by atoms with van der Waals surface area (Å²) in [5, 5.41) is 4.28. The SMILES string of the molecule is Cc1cc(C(=O)N2C3CC2CN(c2ccnc(F)c2)C3)nn1C. The highest BCUT2D eigenvalue weighted by molar-refractivity contribution is 5.93. The standard InChI is InChI=1S/C16H18FN5O/c1-10-5-14(19-20(10)2)16(23)22-12-6-13(22)9-21(8-12)11-3-4-18-15(17)7-11/h3-5,7,12-13H,6,8-9H2,1-2H3. The number of hydrogen-bond acceptors (Lipinski definition) is 4. The largest absolute Gasteiger partial charge is 0.367 e. The van der Waals surface area contributed by atoms with Gasteiger partial charge in [-0.3, -0.25) is 9.48 Å². The number of fused-ring (bicyclic) bond motifs is 2. The van der Waals surface area contributed by atoms with E-state index in [1.807, 2.05) is 31.0 Å². The highest BCUT2D eigenvalue weighted by Crippen LogP contribution is 2.35. The van der Waals surface area contributed by atoms with E-state index in [1.165, 1.54) is 12.3 Å². The van der Waals surface area contributed by atoms with Gasteiger partial charge in [-0.15, -0.1) is 0 Å². The van der Waals surface area contributed by atoms with Gasteiger partial charge in [-0.25, -0.2) is 4.98 Å². The Bertz CT molecular complexity index is 742. The number of anilines is 1. The zero-order valence-corrected chi connectivity index (χ0v) is 13.1. The van der Waals surface area contributed by atoms with Crippen molar-refractivity contribution in [3.63, 3.8) is 0 Å². The fourth-order valence-corrected chi connectivity index (χ4v) is 3.54. The molecule has 2 aromatic rings. The lowest BCUT2D eigenvalue weighted by Gasteiger charge is -2.56. The second-order valence-corrected chi connectivity index (χ2v) is 6.29. The minimum Gasteiger partial charge on any atom is -0.367 e. The van der Waals surface area contributed by atoms with Crippen LogP contribution in [0.5, 0.6) is 0 Å². The number of hydrogen-bond donors (Lipinski definition) is 0. The highest BCUT2D eigenvalue weighted by Gasteiger charge is 2.48. The molecular weight excluding hydrogens is 297 g/mol. The van der Waals surface area contributed by atoms with Crippen molar-refractivity contribution in [2.75, 3.05) is 18.0 Å². The summed E-state index contributed by atoms with van der Waals surface area (Å²) in [6.45, 7) is 3.37. The Morgan fingerprint density at radius 1 is 1.30 bits per heavy atom. The van der Waals surface area contributed by atoms with Crippen LogP contribution in [0.3, 0.4) is 0 Å². The molecule has 2 aromatic heterocycles. The Balaban J connectivity index is 1.50. The normalized spacial score (nSPS) is 22.9. The molecule has 1 amide bonds. The van der Waals surface area contributed by atoms with Crippen LogP contribution < -0.4 is 4.90 Å². The van der Waals surface area contributed by atoms with Gasteiger partial charge >= 0.3 is 0 Å². The molecule has 2 atom stereocenters. The van der Waals surface area contributed by atoms with Crippen LogP contribution in [0.15, 0.2) is 24.4 Å². The molecule has 5 rings (SSSR count). The average Bonchev–Trinajstić information content (AvgIpc) is 2.87. The summed E-state index contributed by atoms with van der Waals surface area (Å²) in [5.74, 6) is -0.478.